The summed E-state index contributed by atoms with van der Waals surface area (Å²) in [7, 11) is -3.80. The second-order valence-electron chi connectivity index (χ2n) is 5.75. The summed E-state index contributed by atoms with van der Waals surface area (Å²) in [5, 5.41) is 3.84. The Labute approximate surface area is 141 Å². The zero-order valence-corrected chi connectivity index (χ0v) is 14.2. The molecule has 0 radical (unpaired) electrons. The number of nitrogens with one attached hydrogen (secondary N) is 1. The van der Waals surface area contributed by atoms with Crippen LogP contribution < -0.4 is 10.5 Å². The number of para-hydroxylation sites is 1. The standard InChI is InChI=1S/C17H19N3O3S/c1-11-12(2)19-23-17(11)20-24(21,22)16-10-6-4-8-14(16)13-7-3-5-9-15(13)18/h3-11,17,20H,18H2,1-2H3. The minimum Gasteiger partial charge on any atom is -0.398 e. The van der Waals surface area contributed by atoms with Gasteiger partial charge in [0.15, 0.2) is 6.23 Å². The molecule has 1 aliphatic heterocycles. The van der Waals surface area contributed by atoms with Gasteiger partial charge in [-0.1, -0.05) is 48.5 Å². The molecule has 0 saturated carbocycles. The first kappa shape index (κ1) is 16.5. The average Bonchev–Trinajstić information content (AvgIpc) is 2.87. The second kappa shape index (κ2) is 6.26. The van der Waals surface area contributed by atoms with Crippen LogP contribution in [0.4, 0.5) is 5.69 Å². The molecule has 3 N–H and O–H groups in total. The van der Waals surface area contributed by atoms with Gasteiger partial charge in [0.05, 0.1) is 16.5 Å². The van der Waals surface area contributed by atoms with Gasteiger partial charge in [-0.25, -0.2) is 8.42 Å². The summed E-state index contributed by atoms with van der Waals surface area (Å²) >= 11 is 0. The number of hydrogen-bond acceptors (Lipinski definition) is 5. The molecule has 7 heteroatoms. The summed E-state index contributed by atoms with van der Waals surface area (Å²) in [6.45, 7) is 3.66. The molecular formula is C17H19N3O3S. The molecule has 0 spiro atoms. The largest absolute Gasteiger partial charge is 0.398 e. The van der Waals surface area contributed by atoms with Crippen molar-refractivity contribution in [2.75, 3.05) is 5.73 Å². The molecule has 0 bridgehead atoms. The maximum absolute atomic E-state index is 12.9. The van der Waals surface area contributed by atoms with Crippen LogP contribution in [0.3, 0.4) is 0 Å². The minimum absolute atomic E-state index is 0.131. The van der Waals surface area contributed by atoms with Crippen LogP contribution in [0.1, 0.15) is 13.8 Å². The predicted octanol–water partition coefficient (Wildman–Crippen LogP) is 2.58. The number of oxime groups is 1. The van der Waals surface area contributed by atoms with Gasteiger partial charge in [0.1, 0.15) is 0 Å². The SMILES string of the molecule is CC1=NOC(NS(=O)(=O)c2ccccc2-c2ccccc2N)C1C. The van der Waals surface area contributed by atoms with Crippen molar-refractivity contribution in [3.63, 3.8) is 0 Å². The summed E-state index contributed by atoms with van der Waals surface area (Å²) in [5.74, 6) is -0.131. The zero-order chi connectivity index (χ0) is 17.3. The van der Waals surface area contributed by atoms with Crippen molar-refractivity contribution >= 4 is 21.4 Å². The maximum Gasteiger partial charge on any atom is 0.244 e. The van der Waals surface area contributed by atoms with E-state index in [1.807, 2.05) is 19.1 Å². The fourth-order valence-electron chi connectivity index (χ4n) is 2.54. The van der Waals surface area contributed by atoms with E-state index in [1.54, 1.807) is 43.3 Å². The van der Waals surface area contributed by atoms with Crippen molar-refractivity contribution in [1.29, 1.82) is 0 Å². The lowest BCUT2D eigenvalue weighted by atomic mass is 10.0. The number of nitrogen functional groups attached to an aromatic ring is 1. The fraction of sp³-hybridized carbons (Fsp3) is 0.235. The van der Waals surface area contributed by atoms with Crippen molar-refractivity contribution in [2.45, 2.75) is 25.0 Å². The number of benzene rings is 2. The Bertz CT molecular complexity index is 893. The predicted molar refractivity (Wildman–Crippen MR) is 93.8 cm³/mol. The summed E-state index contributed by atoms with van der Waals surface area (Å²) in [4.78, 5) is 5.33. The van der Waals surface area contributed by atoms with Crippen molar-refractivity contribution in [3.8, 4) is 11.1 Å². The number of rotatable bonds is 4. The molecule has 24 heavy (non-hydrogen) atoms. The maximum atomic E-state index is 12.9. The van der Waals surface area contributed by atoms with E-state index in [1.165, 1.54) is 0 Å². The van der Waals surface area contributed by atoms with Crippen LogP contribution >= 0.6 is 0 Å². The van der Waals surface area contributed by atoms with Crippen LogP contribution in [0.25, 0.3) is 11.1 Å². The van der Waals surface area contributed by atoms with E-state index in [4.69, 9.17) is 10.6 Å². The fourth-order valence-corrected chi connectivity index (χ4v) is 3.94. The molecule has 2 atom stereocenters. The third-order valence-electron chi connectivity index (χ3n) is 4.12. The summed E-state index contributed by atoms with van der Waals surface area (Å²) < 4.78 is 28.3. The highest BCUT2D eigenvalue weighted by Gasteiger charge is 2.33. The number of hydrogen-bond donors (Lipinski definition) is 2. The topological polar surface area (TPSA) is 93.8 Å². The van der Waals surface area contributed by atoms with Crippen molar-refractivity contribution < 1.29 is 13.3 Å². The van der Waals surface area contributed by atoms with E-state index in [0.29, 0.717) is 16.8 Å². The first-order chi connectivity index (χ1) is 11.4. The van der Waals surface area contributed by atoms with Gasteiger partial charge in [0, 0.05) is 16.8 Å². The van der Waals surface area contributed by atoms with Crippen LogP contribution in [0.15, 0.2) is 58.6 Å². The van der Waals surface area contributed by atoms with E-state index in [2.05, 4.69) is 9.88 Å². The molecule has 2 unspecified atom stereocenters. The Morgan fingerprint density at radius 2 is 1.71 bits per heavy atom. The Kier molecular flexibility index (Phi) is 4.29. The molecule has 1 aliphatic rings. The Morgan fingerprint density at radius 3 is 2.33 bits per heavy atom. The Balaban J connectivity index is 1.99. The van der Waals surface area contributed by atoms with E-state index in [9.17, 15) is 8.42 Å². The van der Waals surface area contributed by atoms with E-state index < -0.39 is 16.3 Å². The summed E-state index contributed by atoms with van der Waals surface area (Å²) in [6, 6.07) is 13.9. The van der Waals surface area contributed by atoms with Crippen LogP contribution in [0.5, 0.6) is 0 Å². The van der Waals surface area contributed by atoms with Crippen molar-refractivity contribution in [3.05, 3.63) is 48.5 Å². The average molecular weight is 345 g/mol. The number of anilines is 1. The summed E-state index contributed by atoms with van der Waals surface area (Å²) in [5.41, 5.74) is 8.50. The van der Waals surface area contributed by atoms with E-state index in [-0.39, 0.29) is 10.8 Å². The normalized spacial score (nSPS) is 20.5. The van der Waals surface area contributed by atoms with Crippen LogP contribution in [0.2, 0.25) is 0 Å². The monoisotopic (exact) mass is 345 g/mol. The molecule has 3 rings (SSSR count). The van der Waals surface area contributed by atoms with Gasteiger partial charge in [-0.3, -0.25) is 0 Å². The zero-order valence-electron chi connectivity index (χ0n) is 13.4. The van der Waals surface area contributed by atoms with Gasteiger partial charge in [0.2, 0.25) is 10.0 Å². The minimum atomic E-state index is -3.80. The van der Waals surface area contributed by atoms with Crippen molar-refractivity contribution in [1.82, 2.24) is 4.72 Å². The number of sulfonamides is 1. The molecular weight excluding hydrogens is 326 g/mol. The Morgan fingerprint density at radius 1 is 1.08 bits per heavy atom. The van der Waals surface area contributed by atoms with E-state index in [0.717, 1.165) is 5.71 Å². The van der Waals surface area contributed by atoms with Gasteiger partial charge in [-0.2, -0.15) is 4.72 Å². The second-order valence-corrected chi connectivity index (χ2v) is 7.43. The highest BCUT2D eigenvalue weighted by atomic mass is 32.2. The van der Waals surface area contributed by atoms with Crippen molar-refractivity contribution in [2.24, 2.45) is 11.1 Å². The Hall–Kier alpha value is -2.38. The molecule has 0 amide bonds. The molecule has 0 aliphatic carbocycles. The van der Waals surface area contributed by atoms with Gasteiger partial charge in [-0.05, 0) is 19.1 Å². The third-order valence-corrected chi connectivity index (χ3v) is 5.60. The van der Waals surface area contributed by atoms with Crippen LogP contribution in [-0.4, -0.2) is 20.4 Å². The first-order valence-corrected chi connectivity index (χ1v) is 9.05. The molecule has 2 aromatic rings. The molecule has 2 aromatic carbocycles. The van der Waals surface area contributed by atoms with Gasteiger partial charge in [0.25, 0.3) is 0 Å². The number of nitrogens with two attached hydrogens (primary N) is 1. The lowest BCUT2D eigenvalue weighted by Crippen LogP contribution is -2.39. The van der Waals surface area contributed by atoms with Gasteiger partial charge in [-0.15, -0.1) is 0 Å². The lowest BCUT2D eigenvalue weighted by molar-refractivity contribution is 0.0576. The summed E-state index contributed by atoms with van der Waals surface area (Å²) in [6.07, 6.45) is -0.712. The first-order valence-electron chi connectivity index (χ1n) is 7.56. The lowest BCUT2D eigenvalue weighted by Gasteiger charge is -2.18. The molecule has 1 heterocycles. The molecule has 0 fully saturated rings. The molecule has 0 aromatic heterocycles. The van der Waals surface area contributed by atoms with Crippen LogP contribution in [-0.2, 0) is 14.9 Å². The molecule has 126 valence electrons. The van der Waals surface area contributed by atoms with Gasteiger partial charge < -0.3 is 10.6 Å². The molecule has 6 nitrogen and oxygen atoms in total. The number of nitrogens with zero attached hydrogens (tertiary/aromatic N) is 1. The van der Waals surface area contributed by atoms with Gasteiger partial charge >= 0.3 is 0 Å². The third kappa shape index (κ3) is 3.00. The molecule has 0 saturated heterocycles. The van der Waals surface area contributed by atoms with Crippen LogP contribution in [0, 0.1) is 5.92 Å². The van der Waals surface area contributed by atoms with E-state index >= 15 is 0 Å². The smallest absolute Gasteiger partial charge is 0.244 e. The highest BCUT2D eigenvalue weighted by Crippen LogP contribution is 2.31. The highest BCUT2D eigenvalue weighted by molar-refractivity contribution is 7.89. The quantitative estimate of drug-likeness (QED) is 0.833.